The van der Waals surface area contributed by atoms with E-state index < -0.39 is 0 Å². The molecule has 2 aromatic carbocycles. The number of hydrogen-bond donors (Lipinski definition) is 1. The number of fused-ring (bicyclic) bond motifs is 1. The van der Waals surface area contributed by atoms with E-state index in [1.807, 2.05) is 32.3 Å². The molecule has 0 fully saturated rings. The lowest BCUT2D eigenvalue weighted by molar-refractivity contribution is 0.534. The first-order chi connectivity index (χ1) is 13.5. The van der Waals surface area contributed by atoms with Crippen molar-refractivity contribution in [1.82, 2.24) is 13.6 Å². The van der Waals surface area contributed by atoms with Crippen LogP contribution in [0.2, 0.25) is 0 Å². The lowest BCUT2D eigenvalue weighted by atomic mass is 10.0. The fraction of sp³-hybridized carbons (Fsp3) is 0.348. The summed E-state index contributed by atoms with van der Waals surface area (Å²) in [6.07, 6.45) is 3.30. The summed E-state index contributed by atoms with van der Waals surface area (Å²) in [6, 6.07) is 16.7. The van der Waals surface area contributed by atoms with Crippen LogP contribution in [-0.4, -0.2) is 29.5 Å². The Kier molecular flexibility index (Phi) is 6.79. The molecule has 0 unspecified atom stereocenters. The molecule has 28 heavy (non-hydrogen) atoms. The van der Waals surface area contributed by atoms with Crippen molar-refractivity contribution in [3.63, 3.8) is 0 Å². The Labute approximate surface area is 172 Å². The van der Waals surface area contributed by atoms with Crippen LogP contribution in [0.3, 0.4) is 0 Å². The highest BCUT2D eigenvalue weighted by Gasteiger charge is 2.11. The summed E-state index contributed by atoms with van der Waals surface area (Å²) < 4.78 is 7.84. The molecule has 0 saturated carbocycles. The van der Waals surface area contributed by atoms with E-state index in [-0.39, 0.29) is 0 Å². The average Bonchev–Trinajstić information content (AvgIpc) is 3.01. The topological polar surface area (TPSA) is 44.0 Å². The fourth-order valence-corrected chi connectivity index (χ4v) is 3.87. The highest BCUT2D eigenvalue weighted by molar-refractivity contribution is 7.95. The molecule has 3 aromatic rings. The van der Waals surface area contributed by atoms with Crippen molar-refractivity contribution >= 4 is 23.0 Å². The zero-order valence-electron chi connectivity index (χ0n) is 17.1. The van der Waals surface area contributed by atoms with Crippen molar-refractivity contribution in [1.29, 1.82) is 5.26 Å². The van der Waals surface area contributed by atoms with E-state index in [4.69, 9.17) is 0 Å². The minimum absolute atomic E-state index is 0.580. The third-order valence-corrected chi connectivity index (χ3v) is 5.29. The summed E-state index contributed by atoms with van der Waals surface area (Å²) in [7, 11) is 4.07. The summed E-state index contributed by atoms with van der Waals surface area (Å²) in [6.45, 7) is 6.43. The van der Waals surface area contributed by atoms with Gasteiger partial charge in [0.05, 0.1) is 11.6 Å². The maximum absolute atomic E-state index is 9.20. The lowest BCUT2D eigenvalue weighted by Gasteiger charge is -2.09. The molecular formula is C23H28N4S. The van der Waals surface area contributed by atoms with Crippen molar-refractivity contribution in [2.24, 2.45) is 5.92 Å². The average molecular weight is 393 g/mol. The second kappa shape index (κ2) is 9.29. The van der Waals surface area contributed by atoms with Crippen LogP contribution in [-0.2, 0) is 13.0 Å². The Morgan fingerprint density at radius 2 is 1.93 bits per heavy atom. The maximum atomic E-state index is 9.20. The molecule has 5 heteroatoms. The van der Waals surface area contributed by atoms with E-state index in [9.17, 15) is 5.26 Å². The molecule has 1 N–H and O–H groups in total. The van der Waals surface area contributed by atoms with Gasteiger partial charge in [-0.25, -0.2) is 4.31 Å². The molecule has 4 nitrogen and oxygen atoms in total. The molecule has 146 valence electrons. The first-order valence-corrected chi connectivity index (χ1v) is 10.4. The van der Waals surface area contributed by atoms with Crippen LogP contribution in [0.25, 0.3) is 22.0 Å². The van der Waals surface area contributed by atoms with Crippen LogP contribution in [0.15, 0.2) is 48.7 Å². The molecular weight excluding hydrogens is 364 g/mol. The summed E-state index contributed by atoms with van der Waals surface area (Å²) in [5.41, 5.74) is 5.58. The Morgan fingerprint density at radius 1 is 1.14 bits per heavy atom. The van der Waals surface area contributed by atoms with Crippen molar-refractivity contribution in [2.75, 3.05) is 20.6 Å². The van der Waals surface area contributed by atoms with Gasteiger partial charge >= 0.3 is 0 Å². The van der Waals surface area contributed by atoms with E-state index >= 15 is 0 Å². The van der Waals surface area contributed by atoms with Gasteiger partial charge in [0.2, 0.25) is 0 Å². The fourth-order valence-electron chi connectivity index (χ4n) is 3.42. The SMILES string of the molecule is CC(C)Cn1cc(CCNSN(C)C)c2ccc(-c3cccc(C#N)c3)cc21. The van der Waals surface area contributed by atoms with Crippen molar-refractivity contribution in [2.45, 2.75) is 26.8 Å². The van der Waals surface area contributed by atoms with E-state index in [0.29, 0.717) is 11.5 Å². The van der Waals surface area contributed by atoms with E-state index in [1.54, 1.807) is 12.1 Å². The van der Waals surface area contributed by atoms with Crippen LogP contribution < -0.4 is 4.72 Å². The maximum Gasteiger partial charge on any atom is 0.0991 e. The van der Waals surface area contributed by atoms with Crippen LogP contribution >= 0.6 is 12.1 Å². The third-order valence-electron chi connectivity index (χ3n) is 4.60. The molecule has 0 bridgehead atoms. The number of aromatic nitrogens is 1. The number of nitrogens with zero attached hydrogens (tertiary/aromatic N) is 3. The van der Waals surface area contributed by atoms with Gasteiger partial charge in [-0.05, 0) is 61.3 Å². The van der Waals surface area contributed by atoms with Crippen LogP contribution in [0.1, 0.15) is 25.0 Å². The Morgan fingerprint density at radius 3 is 2.64 bits per heavy atom. The number of nitrogens with one attached hydrogen (secondary N) is 1. The summed E-state index contributed by atoms with van der Waals surface area (Å²) >= 11 is 1.63. The minimum Gasteiger partial charge on any atom is -0.347 e. The summed E-state index contributed by atoms with van der Waals surface area (Å²) in [5.74, 6) is 0.580. The molecule has 1 aromatic heterocycles. The van der Waals surface area contributed by atoms with Crippen LogP contribution in [0.5, 0.6) is 0 Å². The predicted octanol–water partition coefficient (Wildman–Crippen LogP) is 5.09. The van der Waals surface area contributed by atoms with Crippen molar-refractivity contribution in [3.05, 3.63) is 59.8 Å². The molecule has 0 aliphatic rings. The molecule has 0 amide bonds. The largest absolute Gasteiger partial charge is 0.347 e. The Hall–Kier alpha value is -2.26. The molecule has 0 radical (unpaired) electrons. The van der Waals surface area contributed by atoms with Crippen molar-refractivity contribution < 1.29 is 0 Å². The minimum atomic E-state index is 0.580. The Bertz CT molecular complexity index is 982. The van der Waals surface area contributed by atoms with Crippen molar-refractivity contribution in [3.8, 4) is 17.2 Å². The normalized spacial score (nSPS) is 11.5. The first-order valence-electron chi connectivity index (χ1n) is 9.67. The van der Waals surface area contributed by atoms with Gasteiger partial charge in [0.15, 0.2) is 0 Å². The Balaban J connectivity index is 1.95. The summed E-state index contributed by atoms with van der Waals surface area (Å²) in [5, 5.41) is 10.5. The van der Waals surface area contributed by atoms with E-state index in [1.165, 1.54) is 16.5 Å². The van der Waals surface area contributed by atoms with Crippen LogP contribution in [0.4, 0.5) is 0 Å². The van der Waals surface area contributed by atoms with Gasteiger partial charge in [0.1, 0.15) is 0 Å². The monoisotopic (exact) mass is 392 g/mol. The van der Waals surface area contributed by atoms with Gasteiger partial charge < -0.3 is 4.57 Å². The second-order valence-electron chi connectivity index (χ2n) is 7.67. The van der Waals surface area contributed by atoms with Gasteiger partial charge in [-0.1, -0.05) is 38.1 Å². The highest BCUT2D eigenvalue weighted by Crippen LogP contribution is 2.29. The highest BCUT2D eigenvalue weighted by atomic mass is 32.2. The van der Waals surface area contributed by atoms with E-state index in [2.05, 4.69) is 64.0 Å². The van der Waals surface area contributed by atoms with Gasteiger partial charge in [-0.3, -0.25) is 4.72 Å². The lowest BCUT2D eigenvalue weighted by Crippen LogP contribution is -2.15. The zero-order valence-corrected chi connectivity index (χ0v) is 17.9. The molecule has 0 saturated heterocycles. The molecule has 0 spiro atoms. The summed E-state index contributed by atoms with van der Waals surface area (Å²) in [4.78, 5) is 0. The standard InChI is InChI=1S/C23H28N4S/c1-17(2)15-27-16-21(10-11-25-28-26(3)4)22-9-8-20(13-23(22)27)19-7-5-6-18(12-19)14-24/h5-9,12-13,16-17,25H,10-11,15H2,1-4H3. The number of rotatable bonds is 8. The predicted molar refractivity (Wildman–Crippen MR) is 120 cm³/mol. The van der Waals surface area contributed by atoms with E-state index in [0.717, 1.165) is 30.6 Å². The van der Waals surface area contributed by atoms with Crippen LogP contribution in [0, 0.1) is 17.2 Å². The molecule has 0 aliphatic heterocycles. The number of hydrogen-bond acceptors (Lipinski definition) is 4. The molecule has 0 atom stereocenters. The molecule has 3 rings (SSSR count). The van der Waals surface area contributed by atoms with Gasteiger partial charge in [-0.2, -0.15) is 5.26 Å². The third kappa shape index (κ3) is 4.96. The number of benzene rings is 2. The first kappa shape index (κ1) is 20.5. The molecule has 0 aliphatic carbocycles. The van der Waals surface area contributed by atoms with Gasteiger partial charge in [0.25, 0.3) is 0 Å². The smallest absolute Gasteiger partial charge is 0.0991 e. The quantitative estimate of drug-likeness (QED) is 0.428. The zero-order chi connectivity index (χ0) is 20.1. The van der Waals surface area contributed by atoms with Gasteiger partial charge in [-0.15, -0.1) is 0 Å². The molecule has 1 heterocycles. The second-order valence-corrected chi connectivity index (χ2v) is 8.87. The number of nitriles is 1. The van der Waals surface area contributed by atoms with Gasteiger partial charge in [0, 0.05) is 42.3 Å².